The number of piperidine rings is 1. The molecule has 158 valence electrons. The summed E-state index contributed by atoms with van der Waals surface area (Å²) in [6.07, 6.45) is 2.67. The van der Waals surface area contributed by atoms with Crippen molar-refractivity contribution in [3.63, 3.8) is 0 Å². The van der Waals surface area contributed by atoms with Crippen molar-refractivity contribution in [1.82, 2.24) is 14.1 Å². The summed E-state index contributed by atoms with van der Waals surface area (Å²) in [4.78, 5) is 0.258. The number of aryl methyl sites for hydroxylation is 1. The van der Waals surface area contributed by atoms with E-state index in [1.165, 1.54) is 17.7 Å². The van der Waals surface area contributed by atoms with Crippen LogP contribution in [0, 0.1) is 25.6 Å². The van der Waals surface area contributed by atoms with Crippen LogP contribution in [0.4, 0.5) is 4.39 Å². The van der Waals surface area contributed by atoms with Crippen LogP contribution in [-0.2, 0) is 16.4 Å². The SMILES string of the molecule is Cc1nn(-c2ccc(F)cc2)c(C)c1S(=O)(=O)N1CCC(Cc2ccccc2)CC1. The zero-order valence-corrected chi connectivity index (χ0v) is 18.1. The molecule has 30 heavy (non-hydrogen) atoms. The first-order valence-electron chi connectivity index (χ1n) is 10.2. The number of rotatable bonds is 5. The Morgan fingerprint density at radius 2 is 1.63 bits per heavy atom. The molecule has 0 bridgehead atoms. The second kappa shape index (κ2) is 8.32. The van der Waals surface area contributed by atoms with Gasteiger partial charge in [-0.05, 0) is 68.9 Å². The van der Waals surface area contributed by atoms with Crippen molar-refractivity contribution in [2.45, 2.75) is 38.0 Å². The number of aromatic nitrogens is 2. The predicted molar refractivity (Wildman–Crippen MR) is 115 cm³/mol. The van der Waals surface area contributed by atoms with Gasteiger partial charge in [0.05, 0.1) is 17.1 Å². The van der Waals surface area contributed by atoms with E-state index >= 15 is 0 Å². The molecule has 0 unspecified atom stereocenters. The van der Waals surface area contributed by atoms with Gasteiger partial charge in [-0.15, -0.1) is 0 Å². The predicted octanol–water partition coefficient (Wildman–Crippen LogP) is 4.27. The third-order valence-corrected chi connectivity index (χ3v) is 7.99. The molecule has 0 radical (unpaired) electrons. The summed E-state index contributed by atoms with van der Waals surface area (Å²) in [5, 5.41) is 4.43. The van der Waals surface area contributed by atoms with Gasteiger partial charge in [-0.25, -0.2) is 17.5 Å². The summed E-state index contributed by atoms with van der Waals surface area (Å²) < 4.78 is 43.2. The van der Waals surface area contributed by atoms with Crippen molar-refractivity contribution >= 4 is 10.0 Å². The minimum absolute atomic E-state index is 0.258. The fourth-order valence-corrected chi connectivity index (χ4v) is 6.09. The highest BCUT2D eigenvalue weighted by atomic mass is 32.2. The second-order valence-corrected chi connectivity index (χ2v) is 9.80. The van der Waals surface area contributed by atoms with Gasteiger partial charge in [-0.3, -0.25) is 0 Å². The maximum atomic E-state index is 13.4. The first-order valence-corrected chi connectivity index (χ1v) is 11.7. The van der Waals surface area contributed by atoms with E-state index in [1.54, 1.807) is 35.0 Å². The van der Waals surface area contributed by atoms with Gasteiger partial charge in [0.2, 0.25) is 10.0 Å². The fraction of sp³-hybridized carbons (Fsp3) is 0.348. The van der Waals surface area contributed by atoms with Gasteiger partial charge < -0.3 is 0 Å². The van der Waals surface area contributed by atoms with E-state index in [9.17, 15) is 12.8 Å². The van der Waals surface area contributed by atoms with E-state index in [0.717, 1.165) is 19.3 Å². The van der Waals surface area contributed by atoms with Crippen LogP contribution in [0.15, 0.2) is 59.5 Å². The van der Waals surface area contributed by atoms with Crippen LogP contribution in [0.25, 0.3) is 5.69 Å². The molecule has 0 atom stereocenters. The highest BCUT2D eigenvalue weighted by Gasteiger charge is 2.34. The molecule has 5 nitrogen and oxygen atoms in total. The molecule has 1 saturated heterocycles. The second-order valence-electron chi connectivity index (χ2n) is 7.93. The smallest absolute Gasteiger partial charge is 0.236 e. The number of halogens is 1. The Morgan fingerprint density at radius 3 is 2.27 bits per heavy atom. The highest BCUT2D eigenvalue weighted by Crippen LogP contribution is 2.30. The van der Waals surface area contributed by atoms with Crippen LogP contribution in [0.5, 0.6) is 0 Å². The summed E-state index contributed by atoms with van der Waals surface area (Å²) in [6, 6.07) is 16.2. The van der Waals surface area contributed by atoms with E-state index in [2.05, 4.69) is 17.2 Å². The van der Waals surface area contributed by atoms with E-state index < -0.39 is 10.0 Å². The molecular weight excluding hydrogens is 401 g/mol. The normalized spacial score (nSPS) is 16.1. The summed E-state index contributed by atoms with van der Waals surface area (Å²) in [5.41, 5.74) is 2.94. The Bertz CT molecular complexity index is 1120. The molecule has 1 fully saturated rings. The number of nitrogens with zero attached hydrogens (tertiary/aromatic N) is 3. The standard InChI is InChI=1S/C23H26FN3O2S/c1-17-23(18(2)27(25-17)22-10-8-21(24)9-11-22)30(28,29)26-14-12-20(13-15-26)16-19-6-4-3-5-7-19/h3-11,20H,12-16H2,1-2H3. The highest BCUT2D eigenvalue weighted by molar-refractivity contribution is 7.89. The maximum absolute atomic E-state index is 13.4. The van der Waals surface area contributed by atoms with Crippen LogP contribution in [-0.4, -0.2) is 35.6 Å². The Balaban J connectivity index is 1.52. The average molecular weight is 428 g/mol. The van der Waals surface area contributed by atoms with E-state index in [1.807, 2.05) is 18.2 Å². The van der Waals surface area contributed by atoms with Crippen molar-refractivity contribution in [3.8, 4) is 5.69 Å². The molecular formula is C23H26FN3O2S. The molecule has 1 aliphatic heterocycles. The lowest BCUT2D eigenvalue weighted by Gasteiger charge is -2.31. The van der Waals surface area contributed by atoms with Crippen LogP contribution in [0.1, 0.15) is 29.8 Å². The Hall–Kier alpha value is -2.51. The van der Waals surface area contributed by atoms with Crippen molar-refractivity contribution in [2.24, 2.45) is 5.92 Å². The average Bonchev–Trinajstić information content (AvgIpc) is 3.04. The Kier molecular flexibility index (Phi) is 5.75. The largest absolute Gasteiger partial charge is 0.246 e. The molecule has 0 saturated carbocycles. The van der Waals surface area contributed by atoms with Crippen LogP contribution in [0.2, 0.25) is 0 Å². The number of benzene rings is 2. The Morgan fingerprint density at radius 1 is 1.00 bits per heavy atom. The number of hydrogen-bond acceptors (Lipinski definition) is 3. The summed E-state index contributed by atoms with van der Waals surface area (Å²) in [5.74, 6) is 0.148. The van der Waals surface area contributed by atoms with Crippen molar-refractivity contribution < 1.29 is 12.8 Å². The van der Waals surface area contributed by atoms with Crippen molar-refractivity contribution in [1.29, 1.82) is 0 Å². The van der Waals surface area contributed by atoms with Crippen LogP contribution in [0.3, 0.4) is 0 Å². The lowest BCUT2D eigenvalue weighted by molar-refractivity contribution is 0.272. The Labute approximate surface area is 177 Å². The first-order chi connectivity index (χ1) is 14.4. The quantitative estimate of drug-likeness (QED) is 0.611. The summed E-state index contributed by atoms with van der Waals surface area (Å²) in [7, 11) is -3.64. The van der Waals surface area contributed by atoms with Crippen LogP contribution < -0.4 is 0 Å². The lowest BCUT2D eigenvalue weighted by Crippen LogP contribution is -2.39. The molecule has 2 aromatic carbocycles. The van der Waals surface area contributed by atoms with E-state index in [4.69, 9.17) is 0 Å². The van der Waals surface area contributed by atoms with Gasteiger partial charge in [0.15, 0.2) is 0 Å². The monoisotopic (exact) mass is 427 g/mol. The zero-order valence-electron chi connectivity index (χ0n) is 17.3. The topological polar surface area (TPSA) is 55.2 Å². The molecule has 0 amide bonds. The summed E-state index contributed by atoms with van der Waals surface area (Å²) in [6.45, 7) is 4.49. The number of sulfonamides is 1. The first kappa shape index (κ1) is 20.8. The van der Waals surface area contributed by atoms with Gasteiger partial charge in [0.1, 0.15) is 10.7 Å². The minimum Gasteiger partial charge on any atom is -0.236 e. The molecule has 4 rings (SSSR count). The van der Waals surface area contributed by atoms with E-state index in [-0.39, 0.29) is 10.7 Å². The molecule has 1 aromatic heterocycles. The maximum Gasteiger partial charge on any atom is 0.246 e. The minimum atomic E-state index is -3.64. The molecule has 7 heteroatoms. The van der Waals surface area contributed by atoms with Gasteiger partial charge in [-0.1, -0.05) is 30.3 Å². The van der Waals surface area contributed by atoms with Gasteiger partial charge in [-0.2, -0.15) is 9.40 Å². The molecule has 0 N–H and O–H groups in total. The third-order valence-electron chi connectivity index (χ3n) is 5.83. The molecule has 0 aliphatic carbocycles. The van der Waals surface area contributed by atoms with Gasteiger partial charge in [0, 0.05) is 13.1 Å². The third kappa shape index (κ3) is 4.04. The van der Waals surface area contributed by atoms with Gasteiger partial charge >= 0.3 is 0 Å². The molecule has 2 heterocycles. The fourth-order valence-electron chi connectivity index (χ4n) is 4.27. The van der Waals surface area contributed by atoms with Crippen LogP contribution >= 0.6 is 0 Å². The summed E-state index contributed by atoms with van der Waals surface area (Å²) >= 11 is 0. The molecule has 3 aromatic rings. The number of hydrogen-bond donors (Lipinski definition) is 0. The lowest BCUT2D eigenvalue weighted by atomic mass is 9.91. The molecule has 0 spiro atoms. The van der Waals surface area contributed by atoms with Crippen molar-refractivity contribution in [3.05, 3.63) is 77.4 Å². The zero-order chi connectivity index (χ0) is 21.3. The van der Waals surface area contributed by atoms with Gasteiger partial charge in [0.25, 0.3) is 0 Å². The van der Waals surface area contributed by atoms with E-state index in [0.29, 0.717) is 36.1 Å². The molecule has 1 aliphatic rings. The van der Waals surface area contributed by atoms with Crippen molar-refractivity contribution in [2.75, 3.05) is 13.1 Å².